The molecule has 170 valence electrons. The van der Waals surface area contributed by atoms with Crippen LogP contribution in [0.15, 0.2) is 54.7 Å². The minimum atomic E-state index is 0.321. The van der Waals surface area contributed by atoms with E-state index in [9.17, 15) is 0 Å². The Kier molecular flexibility index (Phi) is 6.99. The summed E-state index contributed by atoms with van der Waals surface area (Å²) in [5, 5.41) is 14.1. The molecule has 0 unspecified atom stereocenters. The number of H-pyrrole nitrogens is 1. The fourth-order valence-corrected chi connectivity index (χ4v) is 3.44. The van der Waals surface area contributed by atoms with Gasteiger partial charge >= 0.3 is 0 Å². The molecule has 0 bridgehead atoms. The zero-order chi connectivity index (χ0) is 23.0. The topological polar surface area (TPSA) is 104 Å². The summed E-state index contributed by atoms with van der Waals surface area (Å²) in [6.07, 6.45) is 3.21. The number of rotatable bonds is 10. The van der Waals surface area contributed by atoms with E-state index in [4.69, 9.17) is 18.9 Å². The van der Waals surface area contributed by atoms with Crippen molar-refractivity contribution < 1.29 is 18.9 Å². The molecule has 2 aromatic carbocycles. The molecule has 0 spiro atoms. The fraction of sp³-hybridized carbons (Fsp3) is 0.250. The van der Waals surface area contributed by atoms with Crippen molar-refractivity contribution in [2.75, 3.05) is 21.3 Å². The highest BCUT2D eigenvalue weighted by Gasteiger charge is 2.14. The van der Waals surface area contributed by atoms with Gasteiger partial charge in [0.1, 0.15) is 18.1 Å². The highest BCUT2D eigenvalue weighted by molar-refractivity contribution is 5.54. The van der Waals surface area contributed by atoms with Gasteiger partial charge in [0.15, 0.2) is 11.5 Å². The first-order chi connectivity index (χ1) is 16.2. The van der Waals surface area contributed by atoms with Gasteiger partial charge in [-0.25, -0.2) is 0 Å². The van der Waals surface area contributed by atoms with Crippen LogP contribution in [0.2, 0.25) is 0 Å². The maximum Gasteiger partial charge on any atom is 0.204 e. The molecule has 0 radical (unpaired) electrons. The molecule has 0 atom stereocenters. The molecule has 0 aliphatic rings. The lowest BCUT2D eigenvalue weighted by Gasteiger charge is -2.15. The average molecular weight is 447 g/mol. The summed E-state index contributed by atoms with van der Waals surface area (Å²) in [6, 6.07) is 15.5. The van der Waals surface area contributed by atoms with Crippen molar-refractivity contribution in [2.45, 2.75) is 19.4 Å². The van der Waals surface area contributed by atoms with Crippen LogP contribution < -0.4 is 18.9 Å². The van der Waals surface area contributed by atoms with Gasteiger partial charge in [-0.2, -0.15) is 5.21 Å². The molecule has 33 heavy (non-hydrogen) atoms. The summed E-state index contributed by atoms with van der Waals surface area (Å²) >= 11 is 0. The van der Waals surface area contributed by atoms with Crippen LogP contribution in [0, 0.1) is 0 Å². The van der Waals surface area contributed by atoms with E-state index in [0.29, 0.717) is 41.9 Å². The molecule has 0 fully saturated rings. The van der Waals surface area contributed by atoms with Crippen molar-refractivity contribution in [3.8, 4) is 34.4 Å². The lowest BCUT2D eigenvalue weighted by molar-refractivity contribution is 0.278. The number of aryl methyl sites for hydroxylation is 2. The van der Waals surface area contributed by atoms with E-state index in [1.807, 2.05) is 30.3 Å². The number of ether oxygens (including phenoxy) is 4. The summed E-state index contributed by atoms with van der Waals surface area (Å²) in [6.45, 7) is 0.321. The predicted octanol–water partition coefficient (Wildman–Crippen LogP) is 3.65. The van der Waals surface area contributed by atoms with Gasteiger partial charge < -0.3 is 18.9 Å². The minimum Gasteiger partial charge on any atom is -0.497 e. The van der Waals surface area contributed by atoms with E-state index in [1.165, 1.54) is 0 Å². The van der Waals surface area contributed by atoms with Crippen LogP contribution in [-0.2, 0) is 19.4 Å². The number of hydrogen-bond acceptors (Lipinski definition) is 8. The SMILES string of the molecule is COc1cc(COc2c(OC)ccnc2CCc2ccc(-c3nn[nH]n3)cc2)cc(OC)c1. The lowest BCUT2D eigenvalue weighted by Crippen LogP contribution is -2.04. The molecule has 0 aliphatic carbocycles. The third kappa shape index (κ3) is 5.38. The van der Waals surface area contributed by atoms with Crippen LogP contribution in [0.4, 0.5) is 0 Å². The summed E-state index contributed by atoms with van der Waals surface area (Å²) in [5.41, 5.74) is 3.81. The van der Waals surface area contributed by atoms with Gasteiger partial charge in [0.2, 0.25) is 5.82 Å². The quantitative estimate of drug-likeness (QED) is 0.393. The van der Waals surface area contributed by atoms with Gasteiger partial charge in [0.05, 0.1) is 27.0 Å². The fourth-order valence-electron chi connectivity index (χ4n) is 3.44. The van der Waals surface area contributed by atoms with Crippen molar-refractivity contribution in [2.24, 2.45) is 0 Å². The van der Waals surface area contributed by atoms with E-state index in [-0.39, 0.29) is 0 Å². The lowest BCUT2D eigenvalue weighted by atomic mass is 10.0. The van der Waals surface area contributed by atoms with Crippen LogP contribution in [0.25, 0.3) is 11.4 Å². The number of pyridine rings is 1. The first-order valence-corrected chi connectivity index (χ1v) is 10.4. The highest BCUT2D eigenvalue weighted by atomic mass is 16.5. The predicted molar refractivity (Wildman–Crippen MR) is 122 cm³/mol. The van der Waals surface area contributed by atoms with Crippen LogP contribution in [0.5, 0.6) is 23.0 Å². The molecule has 0 amide bonds. The number of hydrogen-bond donors (Lipinski definition) is 1. The Balaban J connectivity index is 1.48. The molecule has 4 rings (SSSR count). The van der Waals surface area contributed by atoms with E-state index in [2.05, 4.69) is 37.7 Å². The molecule has 0 saturated heterocycles. The third-order valence-electron chi connectivity index (χ3n) is 5.16. The smallest absolute Gasteiger partial charge is 0.204 e. The Morgan fingerprint density at radius 1 is 0.818 bits per heavy atom. The number of nitrogens with one attached hydrogen (secondary N) is 1. The number of nitrogens with zero attached hydrogens (tertiary/aromatic N) is 4. The van der Waals surface area contributed by atoms with Gasteiger partial charge in [0.25, 0.3) is 0 Å². The van der Waals surface area contributed by atoms with Crippen molar-refractivity contribution in [3.63, 3.8) is 0 Å². The second-order valence-corrected chi connectivity index (χ2v) is 7.23. The average Bonchev–Trinajstić information content (AvgIpc) is 3.41. The third-order valence-corrected chi connectivity index (χ3v) is 5.16. The second-order valence-electron chi connectivity index (χ2n) is 7.23. The van der Waals surface area contributed by atoms with E-state index in [1.54, 1.807) is 33.6 Å². The molecular formula is C24H25N5O4. The number of methoxy groups -OCH3 is 3. The van der Waals surface area contributed by atoms with Crippen molar-refractivity contribution in [3.05, 3.63) is 71.5 Å². The zero-order valence-electron chi connectivity index (χ0n) is 18.7. The number of aromatic amines is 1. The van der Waals surface area contributed by atoms with Crippen LogP contribution in [0.3, 0.4) is 0 Å². The van der Waals surface area contributed by atoms with Crippen molar-refractivity contribution >= 4 is 0 Å². The minimum absolute atomic E-state index is 0.321. The maximum absolute atomic E-state index is 6.18. The van der Waals surface area contributed by atoms with Gasteiger partial charge in [-0.05, 0) is 41.3 Å². The molecule has 2 aromatic heterocycles. The Morgan fingerprint density at radius 2 is 1.58 bits per heavy atom. The standard InChI is InChI=1S/C24H25N5O4/c1-30-19-12-17(13-20(14-19)31-2)15-33-23-21(25-11-10-22(23)32-3)9-6-16-4-7-18(8-5-16)24-26-28-29-27-24/h4-5,7-8,10-14H,6,9,15H2,1-3H3,(H,26,27,28,29). The molecule has 1 N–H and O–H groups in total. The Bertz CT molecular complexity index is 1160. The number of benzene rings is 2. The zero-order valence-corrected chi connectivity index (χ0v) is 18.7. The summed E-state index contributed by atoms with van der Waals surface area (Å²) < 4.78 is 22.4. The molecular weight excluding hydrogens is 422 g/mol. The monoisotopic (exact) mass is 447 g/mol. The van der Waals surface area contributed by atoms with E-state index in [0.717, 1.165) is 28.8 Å². The molecule has 9 nitrogen and oxygen atoms in total. The summed E-state index contributed by atoms with van der Waals surface area (Å²) in [7, 11) is 4.87. The second kappa shape index (κ2) is 10.4. The highest BCUT2D eigenvalue weighted by Crippen LogP contribution is 2.32. The Hall–Kier alpha value is -4.14. The Morgan fingerprint density at radius 3 is 2.21 bits per heavy atom. The van der Waals surface area contributed by atoms with Crippen molar-refractivity contribution in [1.82, 2.24) is 25.6 Å². The summed E-state index contributed by atoms with van der Waals surface area (Å²) in [5.74, 6) is 3.25. The molecule has 0 saturated carbocycles. The maximum atomic E-state index is 6.18. The molecule has 4 aromatic rings. The molecule has 2 heterocycles. The first-order valence-electron chi connectivity index (χ1n) is 10.4. The summed E-state index contributed by atoms with van der Waals surface area (Å²) in [4.78, 5) is 4.55. The number of aromatic nitrogens is 5. The van der Waals surface area contributed by atoms with Gasteiger partial charge in [-0.15, -0.1) is 10.2 Å². The van der Waals surface area contributed by atoms with E-state index >= 15 is 0 Å². The van der Waals surface area contributed by atoms with Crippen LogP contribution in [0.1, 0.15) is 16.8 Å². The van der Waals surface area contributed by atoms with Crippen LogP contribution in [-0.4, -0.2) is 46.9 Å². The van der Waals surface area contributed by atoms with Crippen molar-refractivity contribution in [1.29, 1.82) is 0 Å². The first kappa shape index (κ1) is 22.1. The van der Waals surface area contributed by atoms with Gasteiger partial charge in [-0.1, -0.05) is 24.3 Å². The van der Waals surface area contributed by atoms with E-state index < -0.39 is 0 Å². The number of tetrazole rings is 1. The van der Waals surface area contributed by atoms with Crippen LogP contribution >= 0.6 is 0 Å². The molecule has 0 aliphatic heterocycles. The van der Waals surface area contributed by atoms with Gasteiger partial charge in [-0.3, -0.25) is 4.98 Å². The molecule has 9 heteroatoms. The van der Waals surface area contributed by atoms with Gasteiger partial charge in [0, 0.05) is 23.9 Å². The largest absolute Gasteiger partial charge is 0.497 e. The normalized spacial score (nSPS) is 10.6. The Labute approximate surface area is 191 Å².